The molecule has 3 heterocycles. The number of benzene rings is 1. The first-order valence-corrected chi connectivity index (χ1v) is 8.23. The summed E-state index contributed by atoms with van der Waals surface area (Å²) in [6.45, 7) is 0. The van der Waals surface area contributed by atoms with Crippen LogP contribution in [0.1, 0.15) is 5.69 Å². The molecule has 0 aliphatic heterocycles. The predicted molar refractivity (Wildman–Crippen MR) is 85.4 cm³/mol. The van der Waals surface area contributed by atoms with Crippen molar-refractivity contribution >= 4 is 44.8 Å². The lowest BCUT2D eigenvalue weighted by Crippen LogP contribution is -1.86. The average molecular weight is 331 g/mol. The molecule has 4 aromatic rings. The first-order valence-electron chi connectivity index (χ1n) is 6.37. The summed E-state index contributed by atoms with van der Waals surface area (Å²) >= 11 is 3.12. The van der Waals surface area contributed by atoms with E-state index in [1.165, 1.54) is 23.9 Å². The van der Waals surface area contributed by atoms with Crippen molar-refractivity contribution in [1.29, 1.82) is 0 Å². The molecule has 0 saturated heterocycles. The summed E-state index contributed by atoms with van der Waals surface area (Å²) in [5.41, 5.74) is 2.42. The number of nitrogens with one attached hydrogen (secondary N) is 1. The zero-order chi connectivity index (χ0) is 15.1. The number of thiazole rings is 1. The molecule has 7 nitrogen and oxygen atoms in total. The van der Waals surface area contributed by atoms with Gasteiger partial charge >= 0.3 is 0 Å². The van der Waals surface area contributed by atoms with E-state index in [2.05, 4.69) is 15.0 Å². The molecule has 0 bridgehead atoms. The number of nitro groups is 1. The molecule has 4 rings (SSSR count). The highest BCUT2D eigenvalue weighted by Crippen LogP contribution is 2.25. The van der Waals surface area contributed by atoms with E-state index in [4.69, 9.17) is 0 Å². The van der Waals surface area contributed by atoms with E-state index in [1.54, 1.807) is 17.4 Å². The topological polar surface area (TPSA) is 89.1 Å². The van der Waals surface area contributed by atoms with E-state index in [9.17, 15) is 10.1 Å². The predicted octanol–water partition coefficient (Wildman–Crippen LogP) is 3.47. The molecule has 0 aliphatic carbocycles. The van der Waals surface area contributed by atoms with Gasteiger partial charge < -0.3 is 4.98 Å². The van der Waals surface area contributed by atoms with Crippen molar-refractivity contribution < 1.29 is 4.92 Å². The van der Waals surface area contributed by atoms with Crippen molar-refractivity contribution in [3.05, 3.63) is 51.8 Å². The van der Waals surface area contributed by atoms with E-state index in [0.717, 1.165) is 21.3 Å². The number of thioether (sulfide) groups is 1. The number of non-ortho nitro benzene ring substituents is 1. The number of hydrogen-bond donors (Lipinski definition) is 1. The molecule has 0 atom stereocenters. The van der Waals surface area contributed by atoms with Gasteiger partial charge in [0.1, 0.15) is 0 Å². The molecule has 0 saturated carbocycles. The number of hydrogen-bond acceptors (Lipinski definition) is 6. The standard InChI is InChI=1S/C13H9N5O2S2/c19-18(20)9-1-2-10-11(5-9)16-12(15-10)22-7-8-6-17-3-4-21-13(17)14-8/h1-6H,7H2,(H,15,16). The summed E-state index contributed by atoms with van der Waals surface area (Å²) in [4.78, 5) is 23.4. The van der Waals surface area contributed by atoms with Crippen LogP contribution in [0.25, 0.3) is 16.0 Å². The monoisotopic (exact) mass is 331 g/mol. The van der Waals surface area contributed by atoms with Crippen LogP contribution in [0.3, 0.4) is 0 Å². The number of aromatic amines is 1. The van der Waals surface area contributed by atoms with Crippen LogP contribution in [0.15, 0.2) is 41.1 Å². The molecule has 1 N–H and O–H groups in total. The summed E-state index contributed by atoms with van der Waals surface area (Å²) in [5, 5.41) is 13.5. The lowest BCUT2D eigenvalue weighted by molar-refractivity contribution is -0.384. The minimum Gasteiger partial charge on any atom is -0.333 e. The third kappa shape index (κ3) is 2.34. The Morgan fingerprint density at radius 2 is 2.32 bits per heavy atom. The van der Waals surface area contributed by atoms with Gasteiger partial charge in [-0.25, -0.2) is 9.97 Å². The Bertz CT molecular complexity index is 958. The number of nitro benzene ring substituents is 1. The Balaban J connectivity index is 1.56. The largest absolute Gasteiger partial charge is 0.333 e. The van der Waals surface area contributed by atoms with Crippen molar-refractivity contribution in [2.24, 2.45) is 0 Å². The third-order valence-electron chi connectivity index (χ3n) is 3.15. The molecule has 0 aliphatic rings. The van der Waals surface area contributed by atoms with Gasteiger partial charge in [-0.1, -0.05) is 11.8 Å². The lowest BCUT2D eigenvalue weighted by Gasteiger charge is -1.92. The first-order chi connectivity index (χ1) is 10.7. The molecule has 0 radical (unpaired) electrons. The van der Waals surface area contributed by atoms with Crippen LogP contribution in [-0.4, -0.2) is 24.3 Å². The van der Waals surface area contributed by atoms with Crippen LogP contribution in [-0.2, 0) is 5.75 Å². The fourth-order valence-electron chi connectivity index (χ4n) is 2.14. The van der Waals surface area contributed by atoms with Gasteiger partial charge in [0, 0.05) is 35.7 Å². The minimum atomic E-state index is -0.412. The fraction of sp³-hybridized carbons (Fsp3) is 0.0769. The Labute approximate surface area is 132 Å². The van der Waals surface area contributed by atoms with Crippen molar-refractivity contribution in [3.63, 3.8) is 0 Å². The van der Waals surface area contributed by atoms with E-state index >= 15 is 0 Å². The molecule has 3 aromatic heterocycles. The Morgan fingerprint density at radius 1 is 1.41 bits per heavy atom. The van der Waals surface area contributed by atoms with Crippen molar-refractivity contribution in [2.75, 3.05) is 0 Å². The zero-order valence-electron chi connectivity index (χ0n) is 11.1. The molecule has 0 fully saturated rings. The van der Waals surface area contributed by atoms with Gasteiger partial charge in [0.25, 0.3) is 5.69 Å². The highest BCUT2D eigenvalue weighted by molar-refractivity contribution is 7.98. The number of imidazole rings is 2. The number of fused-ring (bicyclic) bond motifs is 2. The number of aromatic nitrogens is 4. The number of nitrogens with zero attached hydrogens (tertiary/aromatic N) is 4. The molecule has 22 heavy (non-hydrogen) atoms. The first kappa shape index (κ1) is 13.3. The second-order valence-electron chi connectivity index (χ2n) is 4.61. The van der Waals surface area contributed by atoms with Crippen LogP contribution < -0.4 is 0 Å². The molecular weight excluding hydrogens is 322 g/mol. The molecule has 1 aromatic carbocycles. The third-order valence-corrected chi connectivity index (χ3v) is 4.83. The highest BCUT2D eigenvalue weighted by atomic mass is 32.2. The van der Waals surface area contributed by atoms with E-state index in [1.807, 2.05) is 22.2 Å². The summed E-state index contributed by atoms with van der Waals surface area (Å²) < 4.78 is 1.99. The average Bonchev–Trinajstić information content (AvgIpc) is 3.17. The van der Waals surface area contributed by atoms with E-state index in [0.29, 0.717) is 11.3 Å². The maximum absolute atomic E-state index is 10.8. The van der Waals surface area contributed by atoms with Gasteiger partial charge in [0.2, 0.25) is 0 Å². The van der Waals surface area contributed by atoms with Gasteiger partial charge in [-0.05, 0) is 6.07 Å². The fourth-order valence-corrected chi connectivity index (χ4v) is 3.63. The summed E-state index contributed by atoms with van der Waals surface area (Å²) in [6.07, 6.45) is 3.97. The SMILES string of the molecule is O=[N+]([O-])c1ccc2nc(SCc3cn4ccsc4n3)[nH]c2c1. The van der Waals surface area contributed by atoms with Crippen LogP contribution in [0.4, 0.5) is 5.69 Å². The van der Waals surface area contributed by atoms with Gasteiger partial charge in [-0.2, -0.15) is 0 Å². The van der Waals surface area contributed by atoms with Crippen molar-refractivity contribution in [2.45, 2.75) is 10.9 Å². The lowest BCUT2D eigenvalue weighted by atomic mass is 10.3. The summed E-state index contributed by atoms with van der Waals surface area (Å²) in [6, 6.07) is 4.61. The highest BCUT2D eigenvalue weighted by Gasteiger charge is 2.10. The Hall–Kier alpha value is -2.39. The Morgan fingerprint density at radius 3 is 3.14 bits per heavy atom. The maximum atomic E-state index is 10.8. The van der Waals surface area contributed by atoms with Gasteiger partial charge in [0.05, 0.1) is 21.7 Å². The van der Waals surface area contributed by atoms with Crippen molar-refractivity contribution in [1.82, 2.24) is 19.4 Å². The Kier molecular flexibility index (Phi) is 3.09. The molecule has 0 amide bonds. The maximum Gasteiger partial charge on any atom is 0.271 e. The van der Waals surface area contributed by atoms with Crippen LogP contribution in [0.5, 0.6) is 0 Å². The van der Waals surface area contributed by atoms with Crippen LogP contribution in [0.2, 0.25) is 0 Å². The number of H-pyrrole nitrogens is 1. The minimum absolute atomic E-state index is 0.0574. The zero-order valence-corrected chi connectivity index (χ0v) is 12.7. The second kappa shape index (κ2) is 5.11. The molecule has 9 heteroatoms. The van der Waals surface area contributed by atoms with Crippen LogP contribution >= 0.6 is 23.1 Å². The molecule has 0 spiro atoms. The van der Waals surface area contributed by atoms with E-state index in [-0.39, 0.29) is 5.69 Å². The number of rotatable bonds is 4. The molecule has 110 valence electrons. The van der Waals surface area contributed by atoms with Crippen LogP contribution in [0, 0.1) is 10.1 Å². The normalized spacial score (nSPS) is 11.5. The summed E-state index contributed by atoms with van der Waals surface area (Å²) in [5.74, 6) is 0.691. The summed E-state index contributed by atoms with van der Waals surface area (Å²) in [7, 11) is 0. The van der Waals surface area contributed by atoms with Gasteiger partial charge in [-0.15, -0.1) is 11.3 Å². The smallest absolute Gasteiger partial charge is 0.271 e. The van der Waals surface area contributed by atoms with Crippen molar-refractivity contribution in [3.8, 4) is 0 Å². The van der Waals surface area contributed by atoms with E-state index < -0.39 is 4.92 Å². The molecule has 0 unspecified atom stereocenters. The van der Waals surface area contributed by atoms with Gasteiger partial charge in [0.15, 0.2) is 10.1 Å². The quantitative estimate of drug-likeness (QED) is 0.351. The second-order valence-corrected chi connectivity index (χ2v) is 6.45. The molecular formula is C13H9N5O2S2. The van der Waals surface area contributed by atoms with Gasteiger partial charge in [-0.3, -0.25) is 14.5 Å².